The van der Waals surface area contributed by atoms with E-state index in [-0.39, 0.29) is 24.5 Å². The molecule has 1 heterocycles. The molecule has 0 aliphatic carbocycles. The zero-order chi connectivity index (χ0) is 16.2. The molecular formula is C20H25ClN2O. The van der Waals surface area contributed by atoms with Crippen LogP contribution in [-0.2, 0) is 6.54 Å². The average molecular weight is 345 g/mol. The van der Waals surface area contributed by atoms with Gasteiger partial charge < -0.3 is 4.90 Å². The van der Waals surface area contributed by atoms with Crippen molar-refractivity contribution in [1.82, 2.24) is 10.2 Å². The van der Waals surface area contributed by atoms with E-state index in [1.807, 2.05) is 41.3 Å². The molecule has 0 aromatic heterocycles. The van der Waals surface area contributed by atoms with Crippen LogP contribution in [0.3, 0.4) is 0 Å². The van der Waals surface area contributed by atoms with Gasteiger partial charge in [-0.05, 0) is 30.5 Å². The molecule has 0 saturated heterocycles. The Bertz CT molecular complexity index is 672. The minimum Gasteiger partial charge on any atom is -0.315 e. The van der Waals surface area contributed by atoms with Crippen LogP contribution in [-0.4, -0.2) is 17.4 Å². The molecule has 0 radical (unpaired) electrons. The van der Waals surface area contributed by atoms with Gasteiger partial charge >= 0.3 is 0 Å². The van der Waals surface area contributed by atoms with Crippen LogP contribution < -0.4 is 5.32 Å². The Hall–Kier alpha value is -1.84. The highest BCUT2D eigenvalue weighted by atomic mass is 35.5. The summed E-state index contributed by atoms with van der Waals surface area (Å²) in [5.74, 6) is 0.768. The first-order chi connectivity index (χ1) is 11.2. The third-order valence-electron chi connectivity index (χ3n) is 4.31. The predicted octanol–water partition coefficient (Wildman–Crippen LogP) is 4.40. The van der Waals surface area contributed by atoms with Crippen molar-refractivity contribution in [1.29, 1.82) is 0 Å². The molecule has 1 amide bonds. The standard InChI is InChI=1S/C20H24N2O.ClH/c1-15(2)12-13-21-19-17-10-6-7-11-18(17)20(23)22(19)14-16-8-4-3-5-9-16;/h3-11,15,19,21H,12-14H2,1-2H3;1H. The van der Waals surface area contributed by atoms with Crippen molar-refractivity contribution in [3.05, 3.63) is 71.3 Å². The number of hydrogen-bond acceptors (Lipinski definition) is 2. The summed E-state index contributed by atoms with van der Waals surface area (Å²) >= 11 is 0. The van der Waals surface area contributed by atoms with E-state index in [9.17, 15) is 4.79 Å². The van der Waals surface area contributed by atoms with Crippen LogP contribution in [0, 0.1) is 5.92 Å². The first kappa shape index (κ1) is 18.5. The maximum atomic E-state index is 12.8. The Labute approximate surface area is 150 Å². The largest absolute Gasteiger partial charge is 0.315 e. The van der Waals surface area contributed by atoms with Crippen LogP contribution in [0.15, 0.2) is 54.6 Å². The fourth-order valence-corrected chi connectivity index (χ4v) is 3.04. The lowest BCUT2D eigenvalue weighted by Crippen LogP contribution is -2.37. The average Bonchev–Trinajstić information content (AvgIpc) is 2.82. The summed E-state index contributed by atoms with van der Waals surface area (Å²) in [4.78, 5) is 14.7. The number of halogens is 1. The summed E-state index contributed by atoms with van der Waals surface area (Å²) in [6.45, 7) is 5.98. The van der Waals surface area contributed by atoms with E-state index in [2.05, 4.69) is 37.4 Å². The van der Waals surface area contributed by atoms with Gasteiger partial charge in [-0.1, -0.05) is 62.4 Å². The monoisotopic (exact) mass is 344 g/mol. The lowest BCUT2D eigenvalue weighted by atomic mass is 10.1. The number of carbonyl (C=O) groups excluding carboxylic acids is 1. The van der Waals surface area contributed by atoms with E-state index < -0.39 is 0 Å². The molecule has 1 atom stereocenters. The molecule has 2 aromatic rings. The van der Waals surface area contributed by atoms with Crippen molar-refractivity contribution in [2.24, 2.45) is 5.92 Å². The Kier molecular flexibility index (Phi) is 6.41. The third kappa shape index (κ3) is 3.97. The van der Waals surface area contributed by atoms with Gasteiger partial charge in [0.1, 0.15) is 6.17 Å². The molecule has 0 spiro atoms. The topological polar surface area (TPSA) is 32.3 Å². The van der Waals surface area contributed by atoms with Gasteiger partial charge in [0.05, 0.1) is 0 Å². The van der Waals surface area contributed by atoms with Crippen molar-refractivity contribution in [2.45, 2.75) is 33.0 Å². The maximum absolute atomic E-state index is 12.8. The predicted molar refractivity (Wildman–Crippen MR) is 100 cm³/mol. The molecule has 1 unspecified atom stereocenters. The van der Waals surface area contributed by atoms with Crippen molar-refractivity contribution < 1.29 is 4.79 Å². The Balaban J connectivity index is 0.00000208. The van der Waals surface area contributed by atoms with Crippen molar-refractivity contribution in [2.75, 3.05) is 6.54 Å². The van der Waals surface area contributed by atoms with E-state index in [0.717, 1.165) is 29.7 Å². The normalized spacial score (nSPS) is 16.2. The van der Waals surface area contributed by atoms with Gasteiger partial charge in [-0.2, -0.15) is 0 Å². The minimum absolute atomic E-state index is 0. The molecule has 0 fully saturated rings. The van der Waals surface area contributed by atoms with Gasteiger partial charge in [0.15, 0.2) is 0 Å². The smallest absolute Gasteiger partial charge is 0.256 e. The molecule has 1 N–H and O–H groups in total. The third-order valence-corrected chi connectivity index (χ3v) is 4.31. The summed E-state index contributed by atoms with van der Waals surface area (Å²) in [6.07, 6.45) is 1.07. The van der Waals surface area contributed by atoms with Crippen LogP contribution in [0.2, 0.25) is 0 Å². The molecule has 3 nitrogen and oxygen atoms in total. The molecule has 3 rings (SSSR count). The lowest BCUT2D eigenvalue weighted by Gasteiger charge is -2.27. The molecule has 24 heavy (non-hydrogen) atoms. The zero-order valence-electron chi connectivity index (χ0n) is 14.2. The fourth-order valence-electron chi connectivity index (χ4n) is 3.04. The van der Waals surface area contributed by atoms with Gasteiger partial charge in [0.2, 0.25) is 0 Å². The van der Waals surface area contributed by atoms with Crippen molar-refractivity contribution in [3.8, 4) is 0 Å². The summed E-state index contributed by atoms with van der Waals surface area (Å²) < 4.78 is 0. The molecule has 2 aromatic carbocycles. The van der Waals surface area contributed by atoms with Gasteiger partial charge in [-0.3, -0.25) is 10.1 Å². The SMILES string of the molecule is CC(C)CCNC1c2ccccc2C(=O)N1Cc1ccccc1.Cl. The second-order valence-corrected chi connectivity index (χ2v) is 6.55. The van der Waals surface area contributed by atoms with Gasteiger partial charge in [0.25, 0.3) is 5.91 Å². The summed E-state index contributed by atoms with van der Waals surface area (Å²) in [6, 6.07) is 18.1. The number of amides is 1. The molecule has 1 aliphatic heterocycles. The molecule has 1 aliphatic rings. The summed E-state index contributed by atoms with van der Waals surface area (Å²) in [5.41, 5.74) is 3.08. The molecule has 128 valence electrons. The second-order valence-electron chi connectivity index (χ2n) is 6.55. The highest BCUT2D eigenvalue weighted by Crippen LogP contribution is 2.32. The van der Waals surface area contributed by atoms with Gasteiger partial charge in [-0.15, -0.1) is 12.4 Å². The van der Waals surface area contributed by atoms with Crippen LogP contribution in [0.25, 0.3) is 0 Å². The highest BCUT2D eigenvalue weighted by molar-refractivity contribution is 5.99. The maximum Gasteiger partial charge on any atom is 0.256 e. The van der Waals surface area contributed by atoms with Crippen LogP contribution in [0.4, 0.5) is 0 Å². The van der Waals surface area contributed by atoms with E-state index in [4.69, 9.17) is 0 Å². The first-order valence-corrected chi connectivity index (χ1v) is 8.34. The fraction of sp³-hybridized carbons (Fsp3) is 0.350. The van der Waals surface area contributed by atoms with Gasteiger partial charge in [0, 0.05) is 17.7 Å². The van der Waals surface area contributed by atoms with Crippen LogP contribution in [0.1, 0.15) is 47.9 Å². The lowest BCUT2D eigenvalue weighted by molar-refractivity contribution is 0.0676. The van der Waals surface area contributed by atoms with E-state index in [0.29, 0.717) is 12.5 Å². The number of benzene rings is 2. The van der Waals surface area contributed by atoms with E-state index in [1.54, 1.807) is 0 Å². The Morgan fingerprint density at radius 2 is 1.71 bits per heavy atom. The minimum atomic E-state index is -0.0299. The van der Waals surface area contributed by atoms with Crippen molar-refractivity contribution >= 4 is 18.3 Å². The zero-order valence-corrected chi connectivity index (χ0v) is 15.1. The summed E-state index contributed by atoms with van der Waals surface area (Å²) in [5, 5.41) is 3.57. The van der Waals surface area contributed by atoms with Crippen LogP contribution in [0.5, 0.6) is 0 Å². The number of rotatable bonds is 6. The molecule has 4 heteroatoms. The van der Waals surface area contributed by atoms with Crippen LogP contribution >= 0.6 is 12.4 Å². The number of nitrogens with one attached hydrogen (secondary N) is 1. The molecule has 0 saturated carbocycles. The number of fused-ring (bicyclic) bond motifs is 1. The Morgan fingerprint density at radius 3 is 2.42 bits per heavy atom. The molecular weight excluding hydrogens is 320 g/mol. The number of hydrogen-bond donors (Lipinski definition) is 1. The van der Waals surface area contributed by atoms with E-state index in [1.165, 1.54) is 0 Å². The van der Waals surface area contributed by atoms with Gasteiger partial charge in [-0.25, -0.2) is 0 Å². The summed E-state index contributed by atoms with van der Waals surface area (Å²) in [7, 11) is 0. The highest BCUT2D eigenvalue weighted by Gasteiger charge is 2.35. The quantitative estimate of drug-likeness (QED) is 0.842. The van der Waals surface area contributed by atoms with Crippen molar-refractivity contribution in [3.63, 3.8) is 0 Å². The van der Waals surface area contributed by atoms with E-state index >= 15 is 0 Å². The number of carbonyl (C=O) groups is 1. The first-order valence-electron chi connectivity index (χ1n) is 8.34. The number of nitrogens with zero attached hydrogens (tertiary/aromatic N) is 1. The molecule has 0 bridgehead atoms. The Morgan fingerprint density at radius 1 is 1.04 bits per heavy atom. The second kappa shape index (κ2) is 8.32.